The molecule has 2 aliphatic rings. The van der Waals surface area contributed by atoms with E-state index in [-0.39, 0.29) is 18.1 Å². The summed E-state index contributed by atoms with van der Waals surface area (Å²) in [6, 6.07) is 6.63. The fourth-order valence-corrected chi connectivity index (χ4v) is 3.66. The first-order valence-corrected chi connectivity index (χ1v) is 8.76. The van der Waals surface area contributed by atoms with Gasteiger partial charge >= 0.3 is 0 Å². The van der Waals surface area contributed by atoms with Gasteiger partial charge in [0.25, 0.3) is 0 Å². The van der Waals surface area contributed by atoms with Gasteiger partial charge in [0.1, 0.15) is 6.10 Å². The second-order valence-corrected chi connectivity index (χ2v) is 7.05. The van der Waals surface area contributed by atoms with Gasteiger partial charge < -0.3 is 15.0 Å². The second-order valence-electron chi connectivity index (χ2n) is 7.05. The average Bonchev–Trinajstić information content (AvgIpc) is 2.58. The van der Waals surface area contributed by atoms with Crippen LogP contribution in [0.4, 0.5) is 0 Å². The van der Waals surface area contributed by atoms with Gasteiger partial charge in [0.15, 0.2) is 0 Å². The number of aryl methyl sites for hydroxylation is 2. The van der Waals surface area contributed by atoms with Crippen molar-refractivity contribution in [1.82, 2.24) is 10.2 Å². The minimum Gasteiger partial charge on any atom is -0.370 e. The molecule has 0 saturated carbocycles. The summed E-state index contributed by atoms with van der Waals surface area (Å²) in [6.45, 7) is 9.52. The standard InChI is InChI=1S/C19H28N2O2/c1-13-4-5-14(2)17(10-13)18-11-21(15(3)12-23-18)19(22)16-6-8-20-9-7-16/h4-5,10,15-16,18,20H,6-9,11-12H2,1-3H3/t15-,18+/m1/s1. The van der Waals surface area contributed by atoms with Crippen LogP contribution in [0.3, 0.4) is 0 Å². The molecular weight excluding hydrogens is 288 g/mol. The van der Waals surface area contributed by atoms with Crippen molar-refractivity contribution in [2.75, 3.05) is 26.2 Å². The molecular formula is C19H28N2O2. The summed E-state index contributed by atoms with van der Waals surface area (Å²) in [4.78, 5) is 15.0. The molecule has 3 rings (SSSR count). The Bertz CT molecular complexity index is 566. The van der Waals surface area contributed by atoms with Crippen molar-refractivity contribution in [1.29, 1.82) is 0 Å². The summed E-state index contributed by atoms with van der Waals surface area (Å²) >= 11 is 0. The van der Waals surface area contributed by atoms with E-state index in [0.717, 1.165) is 25.9 Å². The molecule has 0 spiro atoms. The minimum atomic E-state index is -0.00299. The number of carbonyl (C=O) groups excluding carboxylic acids is 1. The summed E-state index contributed by atoms with van der Waals surface area (Å²) in [5.41, 5.74) is 3.70. The number of hydrogen-bond donors (Lipinski definition) is 1. The molecule has 1 aromatic carbocycles. The number of benzene rings is 1. The summed E-state index contributed by atoms with van der Waals surface area (Å²) in [5.74, 6) is 0.494. The Labute approximate surface area is 139 Å². The Kier molecular flexibility index (Phi) is 5.02. The van der Waals surface area contributed by atoms with Crippen LogP contribution in [0.2, 0.25) is 0 Å². The molecule has 4 heteroatoms. The number of hydrogen-bond acceptors (Lipinski definition) is 3. The highest BCUT2D eigenvalue weighted by Gasteiger charge is 2.34. The van der Waals surface area contributed by atoms with E-state index < -0.39 is 0 Å². The second kappa shape index (κ2) is 7.02. The van der Waals surface area contributed by atoms with Crippen LogP contribution in [0.5, 0.6) is 0 Å². The zero-order valence-corrected chi connectivity index (χ0v) is 14.5. The van der Waals surface area contributed by atoms with Crippen molar-refractivity contribution in [3.05, 3.63) is 34.9 Å². The van der Waals surface area contributed by atoms with Crippen molar-refractivity contribution in [2.24, 2.45) is 5.92 Å². The Morgan fingerprint density at radius 1 is 1.26 bits per heavy atom. The molecule has 0 aromatic heterocycles. The predicted molar refractivity (Wildman–Crippen MR) is 91.4 cm³/mol. The molecule has 0 unspecified atom stereocenters. The van der Waals surface area contributed by atoms with E-state index in [2.05, 4.69) is 49.2 Å². The van der Waals surface area contributed by atoms with E-state index in [1.165, 1.54) is 16.7 Å². The molecule has 4 nitrogen and oxygen atoms in total. The maximum Gasteiger partial charge on any atom is 0.226 e. The largest absolute Gasteiger partial charge is 0.370 e. The molecule has 126 valence electrons. The number of nitrogens with zero attached hydrogens (tertiary/aromatic N) is 1. The number of piperidine rings is 1. The highest BCUT2D eigenvalue weighted by Crippen LogP contribution is 2.29. The predicted octanol–water partition coefficient (Wildman–Crippen LogP) is 2.59. The first-order valence-electron chi connectivity index (χ1n) is 8.76. The van der Waals surface area contributed by atoms with Crippen LogP contribution >= 0.6 is 0 Å². The topological polar surface area (TPSA) is 41.6 Å². The Balaban J connectivity index is 1.76. The molecule has 1 aromatic rings. The maximum atomic E-state index is 12.9. The van der Waals surface area contributed by atoms with Gasteiger partial charge in [-0.3, -0.25) is 4.79 Å². The van der Waals surface area contributed by atoms with Crippen LogP contribution in [0.1, 0.15) is 42.6 Å². The minimum absolute atomic E-state index is 0.00299. The lowest BCUT2D eigenvalue weighted by Crippen LogP contribution is -2.51. The van der Waals surface area contributed by atoms with Gasteiger partial charge in [0.2, 0.25) is 5.91 Å². The average molecular weight is 316 g/mol. The number of rotatable bonds is 2. The molecule has 0 bridgehead atoms. The van der Waals surface area contributed by atoms with Crippen molar-refractivity contribution in [3.63, 3.8) is 0 Å². The van der Waals surface area contributed by atoms with Crippen molar-refractivity contribution < 1.29 is 9.53 Å². The Hall–Kier alpha value is -1.39. The van der Waals surface area contributed by atoms with Crippen LogP contribution in [0.15, 0.2) is 18.2 Å². The lowest BCUT2D eigenvalue weighted by Gasteiger charge is -2.41. The highest BCUT2D eigenvalue weighted by molar-refractivity contribution is 5.79. The van der Waals surface area contributed by atoms with Gasteiger partial charge in [0.05, 0.1) is 19.2 Å². The SMILES string of the molecule is Cc1ccc(C)c([C@@H]2CN(C(=O)C3CCNCC3)[C@H](C)CO2)c1. The van der Waals surface area contributed by atoms with E-state index in [0.29, 0.717) is 19.1 Å². The van der Waals surface area contributed by atoms with E-state index in [9.17, 15) is 4.79 Å². The third kappa shape index (κ3) is 3.59. The van der Waals surface area contributed by atoms with E-state index in [1.54, 1.807) is 0 Å². The summed E-state index contributed by atoms with van der Waals surface area (Å²) in [6.07, 6.45) is 1.91. The van der Waals surface area contributed by atoms with Crippen LogP contribution in [-0.2, 0) is 9.53 Å². The molecule has 1 N–H and O–H groups in total. The molecule has 2 atom stereocenters. The normalized spacial score (nSPS) is 26.3. The Morgan fingerprint density at radius 2 is 2.00 bits per heavy atom. The zero-order valence-electron chi connectivity index (χ0n) is 14.5. The summed E-state index contributed by atoms with van der Waals surface area (Å²) < 4.78 is 6.07. The third-order valence-corrected chi connectivity index (χ3v) is 5.19. The van der Waals surface area contributed by atoms with Gasteiger partial charge in [-0.1, -0.05) is 23.8 Å². The first kappa shape index (κ1) is 16.5. The molecule has 1 amide bonds. The van der Waals surface area contributed by atoms with Gasteiger partial charge in [-0.05, 0) is 57.8 Å². The monoisotopic (exact) mass is 316 g/mol. The zero-order chi connectivity index (χ0) is 16.4. The molecule has 2 heterocycles. The maximum absolute atomic E-state index is 12.9. The molecule has 23 heavy (non-hydrogen) atoms. The molecule has 0 aliphatic carbocycles. The van der Waals surface area contributed by atoms with Crippen molar-refractivity contribution in [3.8, 4) is 0 Å². The number of carbonyl (C=O) groups is 1. The summed E-state index contributed by atoms with van der Waals surface area (Å²) in [5, 5.41) is 3.34. The lowest BCUT2D eigenvalue weighted by molar-refractivity contribution is -0.149. The lowest BCUT2D eigenvalue weighted by atomic mass is 9.94. The summed E-state index contributed by atoms with van der Waals surface area (Å²) in [7, 11) is 0. The van der Waals surface area contributed by atoms with Crippen LogP contribution in [-0.4, -0.2) is 43.1 Å². The molecule has 2 aliphatic heterocycles. The van der Waals surface area contributed by atoms with Crippen LogP contribution < -0.4 is 5.32 Å². The van der Waals surface area contributed by atoms with Crippen molar-refractivity contribution in [2.45, 2.75) is 45.8 Å². The van der Waals surface area contributed by atoms with Gasteiger partial charge in [0, 0.05) is 5.92 Å². The van der Waals surface area contributed by atoms with Gasteiger partial charge in [-0.2, -0.15) is 0 Å². The van der Waals surface area contributed by atoms with E-state index in [1.807, 2.05) is 0 Å². The molecule has 0 radical (unpaired) electrons. The molecule has 2 fully saturated rings. The fourth-order valence-electron chi connectivity index (χ4n) is 3.66. The van der Waals surface area contributed by atoms with E-state index >= 15 is 0 Å². The number of nitrogens with one attached hydrogen (secondary N) is 1. The number of morpholine rings is 1. The first-order chi connectivity index (χ1) is 11.1. The van der Waals surface area contributed by atoms with E-state index in [4.69, 9.17) is 4.74 Å². The Morgan fingerprint density at radius 3 is 2.74 bits per heavy atom. The number of ether oxygens (including phenoxy) is 1. The van der Waals surface area contributed by atoms with Crippen LogP contribution in [0, 0.1) is 19.8 Å². The van der Waals surface area contributed by atoms with Crippen molar-refractivity contribution >= 4 is 5.91 Å². The fraction of sp³-hybridized carbons (Fsp3) is 0.632. The third-order valence-electron chi connectivity index (χ3n) is 5.19. The smallest absolute Gasteiger partial charge is 0.226 e. The van der Waals surface area contributed by atoms with Crippen LogP contribution in [0.25, 0.3) is 0 Å². The van der Waals surface area contributed by atoms with Gasteiger partial charge in [-0.15, -0.1) is 0 Å². The molecule has 2 saturated heterocycles. The highest BCUT2D eigenvalue weighted by atomic mass is 16.5. The van der Waals surface area contributed by atoms with Gasteiger partial charge in [-0.25, -0.2) is 0 Å². The quantitative estimate of drug-likeness (QED) is 0.912. The number of amides is 1.